The van der Waals surface area contributed by atoms with Gasteiger partial charge in [0.2, 0.25) is 11.8 Å². The summed E-state index contributed by atoms with van der Waals surface area (Å²) in [4.78, 5) is 39.4. The number of carbonyl (C=O) groups excluding carboxylic acids is 3. The molecular formula is C23H25ClF2N4O4. The maximum Gasteiger partial charge on any atom is 0.256 e. The van der Waals surface area contributed by atoms with Crippen molar-refractivity contribution < 1.29 is 28.3 Å². The first-order valence-electron chi connectivity index (χ1n) is 11.2. The van der Waals surface area contributed by atoms with Crippen LogP contribution >= 0.6 is 11.6 Å². The molecule has 3 aliphatic heterocycles. The third-order valence-corrected chi connectivity index (χ3v) is 7.25. The molecule has 1 aliphatic carbocycles. The van der Waals surface area contributed by atoms with Crippen molar-refractivity contribution in [2.24, 2.45) is 11.8 Å². The molecule has 34 heavy (non-hydrogen) atoms. The highest BCUT2D eigenvalue weighted by Gasteiger charge is 2.61. The van der Waals surface area contributed by atoms with E-state index in [9.17, 15) is 33.5 Å². The van der Waals surface area contributed by atoms with Gasteiger partial charge in [0.15, 0.2) is 6.10 Å². The summed E-state index contributed by atoms with van der Waals surface area (Å²) >= 11 is 5.95. The predicted molar refractivity (Wildman–Crippen MR) is 116 cm³/mol. The summed E-state index contributed by atoms with van der Waals surface area (Å²) in [6.45, 7) is 0.470. The van der Waals surface area contributed by atoms with Crippen molar-refractivity contribution in [2.75, 3.05) is 6.54 Å². The first-order valence-corrected chi connectivity index (χ1v) is 11.6. The Morgan fingerprint density at radius 2 is 2.12 bits per heavy atom. The topological polar surface area (TPSA) is 123 Å². The second-order valence-corrected chi connectivity index (χ2v) is 9.59. The molecule has 5 rings (SSSR count). The minimum absolute atomic E-state index is 0.0368. The Balaban J connectivity index is 1.58. The average Bonchev–Trinajstić information content (AvgIpc) is 3.20. The Labute approximate surface area is 200 Å². The molecule has 4 aliphatic rings. The number of benzene rings is 1. The molecule has 8 nitrogen and oxygen atoms in total. The molecule has 0 radical (unpaired) electrons. The summed E-state index contributed by atoms with van der Waals surface area (Å²) in [5, 5.41) is 25.6. The molecule has 4 fully saturated rings. The number of hydrogen-bond acceptors (Lipinski definition) is 5. The number of carbonyl (C=O) groups is 3. The van der Waals surface area contributed by atoms with Crippen molar-refractivity contribution in [3.05, 3.63) is 34.9 Å². The summed E-state index contributed by atoms with van der Waals surface area (Å²) < 4.78 is 29.6. The zero-order valence-corrected chi connectivity index (χ0v) is 19.0. The predicted octanol–water partition coefficient (Wildman–Crippen LogP) is 1.92. The molecule has 11 heteroatoms. The molecule has 3 saturated heterocycles. The van der Waals surface area contributed by atoms with Crippen LogP contribution in [0.2, 0.25) is 5.02 Å². The van der Waals surface area contributed by atoms with Gasteiger partial charge in [0.1, 0.15) is 12.1 Å². The number of rotatable bonds is 6. The largest absolute Gasteiger partial charge is 0.378 e. The van der Waals surface area contributed by atoms with E-state index in [0.29, 0.717) is 13.0 Å². The number of aliphatic hydroxyl groups excluding tert-OH is 1. The molecular weight excluding hydrogens is 470 g/mol. The Bertz CT molecular complexity index is 1030. The van der Waals surface area contributed by atoms with Crippen molar-refractivity contribution in [1.82, 2.24) is 15.5 Å². The number of hydrogen-bond donors (Lipinski definition) is 3. The number of fused-ring (bicyclic) bond motifs is 3. The number of nitrogens with zero attached hydrogens (tertiary/aromatic N) is 2. The molecule has 6 atom stereocenters. The van der Waals surface area contributed by atoms with Crippen LogP contribution in [0, 0.1) is 23.2 Å². The highest BCUT2D eigenvalue weighted by molar-refractivity contribution is 6.30. The lowest BCUT2D eigenvalue weighted by Gasteiger charge is -2.54. The molecule has 1 aromatic rings. The van der Waals surface area contributed by atoms with Crippen LogP contribution in [0.1, 0.15) is 43.8 Å². The first kappa shape index (κ1) is 24.4. The van der Waals surface area contributed by atoms with E-state index in [4.69, 9.17) is 11.6 Å². The molecule has 3 N–H and O–H groups in total. The van der Waals surface area contributed by atoms with Crippen LogP contribution in [0.5, 0.6) is 0 Å². The maximum atomic E-state index is 14.8. The lowest BCUT2D eigenvalue weighted by Crippen LogP contribution is -2.69. The van der Waals surface area contributed by atoms with E-state index in [0.717, 1.165) is 4.90 Å². The quantitative estimate of drug-likeness (QED) is 0.557. The second kappa shape index (κ2) is 9.47. The van der Waals surface area contributed by atoms with Gasteiger partial charge in [0.05, 0.1) is 12.0 Å². The van der Waals surface area contributed by atoms with Gasteiger partial charge in [0.25, 0.3) is 11.8 Å². The molecule has 2 bridgehead atoms. The van der Waals surface area contributed by atoms with Crippen LogP contribution in [0.4, 0.5) is 8.78 Å². The Morgan fingerprint density at radius 1 is 1.35 bits per heavy atom. The second-order valence-electron chi connectivity index (χ2n) is 9.15. The number of amides is 3. The zero-order valence-electron chi connectivity index (χ0n) is 18.2. The lowest BCUT2D eigenvalue weighted by atomic mass is 9.71. The van der Waals surface area contributed by atoms with Gasteiger partial charge in [-0.2, -0.15) is 5.26 Å². The highest BCUT2D eigenvalue weighted by atomic mass is 35.5. The van der Waals surface area contributed by atoms with Crippen LogP contribution in [-0.4, -0.2) is 58.3 Å². The minimum atomic E-state index is -3.17. The van der Waals surface area contributed by atoms with E-state index in [1.165, 1.54) is 12.1 Å². The van der Waals surface area contributed by atoms with Crippen LogP contribution in [-0.2, 0) is 14.4 Å². The molecule has 0 unspecified atom stereocenters. The fourth-order valence-corrected chi connectivity index (χ4v) is 5.54. The summed E-state index contributed by atoms with van der Waals surface area (Å²) in [7, 11) is 0. The van der Waals surface area contributed by atoms with Crippen molar-refractivity contribution in [3.8, 4) is 6.07 Å². The number of halogens is 3. The van der Waals surface area contributed by atoms with Gasteiger partial charge in [-0.1, -0.05) is 23.7 Å². The van der Waals surface area contributed by atoms with Crippen molar-refractivity contribution >= 4 is 29.3 Å². The van der Waals surface area contributed by atoms with Crippen molar-refractivity contribution in [2.45, 2.75) is 62.3 Å². The molecule has 1 saturated carbocycles. The number of nitriles is 1. The Hall–Kier alpha value is -2.77. The van der Waals surface area contributed by atoms with Crippen LogP contribution < -0.4 is 10.6 Å². The summed E-state index contributed by atoms with van der Waals surface area (Å²) in [5.41, 5.74) is 0.187. The molecule has 182 valence electrons. The van der Waals surface area contributed by atoms with E-state index in [-0.39, 0.29) is 35.8 Å². The average molecular weight is 495 g/mol. The van der Waals surface area contributed by atoms with E-state index < -0.39 is 60.2 Å². The van der Waals surface area contributed by atoms with Crippen LogP contribution in [0.25, 0.3) is 0 Å². The normalized spacial score (nSPS) is 29.1. The number of nitrogens with one attached hydrogen (secondary N) is 2. The first-order chi connectivity index (χ1) is 16.1. The van der Waals surface area contributed by atoms with Crippen LogP contribution in [0.15, 0.2) is 24.3 Å². The minimum Gasteiger partial charge on any atom is -0.378 e. The number of alkyl halides is 2. The van der Waals surface area contributed by atoms with E-state index >= 15 is 0 Å². The fraction of sp³-hybridized carbons (Fsp3) is 0.565. The maximum absolute atomic E-state index is 14.8. The summed E-state index contributed by atoms with van der Waals surface area (Å²) in [6, 6.07) is 4.35. The van der Waals surface area contributed by atoms with Gasteiger partial charge >= 0.3 is 0 Å². The summed E-state index contributed by atoms with van der Waals surface area (Å²) in [6.07, 6.45) is -1.41. The molecule has 0 spiro atoms. The van der Waals surface area contributed by atoms with Gasteiger partial charge in [0, 0.05) is 29.9 Å². The van der Waals surface area contributed by atoms with E-state index in [2.05, 4.69) is 10.6 Å². The van der Waals surface area contributed by atoms with E-state index in [1.807, 2.05) is 6.07 Å². The third kappa shape index (κ3) is 4.59. The molecule has 3 heterocycles. The van der Waals surface area contributed by atoms with Gasteiger partial charge in [-0.25, -0.2) is 8.78 Å². The molecule has 3 amide bonds. The number of aliphatic hydroxyl groups is 1. The third-order valence-electron chi connectivity index (χ3n) is 7.01. The molecule has 1 aromatic carbocycles. The SMILES string of the molecule is N#C[C@H](C[C@@H]1CCNC1=O)NC(=O)[C@H]1[C@@H]2CC[C@@H](CC2(F)F)N1C(=O)[C@H](O)c1cccc(Cl)c1. The van der Waals surface area contributed by atoms with Crippen LogP contribution in [0.3, 0.4) is 0 Å². The summed E-state index contributed by atoms with van der Waals surface area (Å²) in [5.74, 6) is -7.05. The Kier molecular flexibility index (Phi) is 6.78. The lowest BCUT2D eigenvalue weighted by molar-refractivity contribution is -0.198. The van der Waals surface area contributed by atoms with Gasteiger partial charge in [-0.15, -0.1) is 0 Å². The van der Waals surface area contributed by atoms with E-state index in [1.54, 1.807) is 12.1 Å². The van der Waals surface area contributed by atoms with Gasteiger partial charge < -0.3 is 20.6 Å². The fourth-order valence-electron chi connectivity index (χ4n) is 5.34. The standard InChI is InChI=1S/C23H25ClF2N4O4/c24-14-3-1-2-12(8-14)19(31)22(34)30-16-4-5-17(23(25,26)10-16)18(30)21(33)29-15(11-27)9-13-6-7-28-20(13)32/h1-3,8,13,15-19,31H,4-7,9-10H2,(H,28,32)(H,29,33)/t13-,15-,16-,17-,18+,19+/m0/s1. The zero-order chi connectivity index (χ0) is 24.6. The smallest absolute Gasteiger partial charge is 0.256 e. The highest BCUT2D eigenvalue weighted by Crippen LogP contribution is 2.49. The monoisotopic (exact) mass is 494 g/mol. The van der Waals surface area contributed by atoms with Gasteiger partial charge in [-0.3, -0.25) is 14.4 Å². The number of piperidine rings is 2. The van der Waals surface area contributed by atoms with Gasteiger partial charge in [-0.05, 0) is 43.4 Å². The Morgan fingerprint density at radius 3 is 2.74 bits per heavy atom. The van der Waals surface area contributed by atoms with Crippen molar-refractivity contribution in [3.63, 3.8) is 0 Å². The molecule has 0 aromatic heterocycles. The van der Waals surface area contributed by atoms with Crippen molar-refractivity contribution in [1.29, 1.82) is 5.26 Å².